The van der Waals surface area contributed by atoms with Crippen molar-refractivity contribution in [3.8, 4) is 5.75 Å². The summed E-state index contributed by atoms with van der Waals surface area (Å²) < 4.78 is 5.70. The smallest absolute Gasteiger partial charge is 0.119 e. The van der Waals surface area contributed by atoms with Gasteiger partial charge in [-0.3, -0.25) is 0 Å². The third-order valence-corrected chi connectivity index (χ3v) is 4.19. The van der Waals surface area contributed by atoms with E-state index in [-0.39, 0.29) is 0 Å². The van der Waals surface area contributed by atoms with Crippen LogP contribution < -0.4 is 10.1 Å². The van der Waals surface area contributed by atoms with Crippen molar-refractivity contribution in [1.82, 2.24) is 10.2 Å². The third-order valence-electron chi connectivity index (χ3n) is 4.19. The van der Waals surface area contributed by atoms with Gasteiger partial charge in [0.05, 0.1) is 6.61 Å². The number of likely N-dealkylation sites (N-methyl/N-ethyl adjacent to an activating group) is 1. The van der Waals surface area contributed by atoms with E-state index in [0.29, 0.717) is 6.04 Å². The van der Waals surface area contributed by atoms with Gasteiger partial charge in [0.2, 0.25) is 0 Å². The van der Waals surface area contributed by atoms with E-state index in [9.17, 15) is 0 Å². The van der Waals surface area contributed by atoms with Gasteiger partial charge in [-0.1, -0.05) is 56.3 Å². The molecule has 0 radical (unpaired) electrons. The highest BCUT2D eigenvalue weighted by atomic mass is 16.5. The van der Waals surface area contributed by atoms with Gasteiger partial charge < -0.3 is 15.0 Å². The van der Waals surface area contributed by atoms with Gasteiger partial charge in [-0.25, -0.2) is 0 Å². The van der Waals surface area contributed by atoms with Gasteiger partial charge in [-0.05, 0) is 49.7 Å². The van der Waals surface area contributed by atoms with Crippen LogP contribution in [0.5, 0.6) is 5.75 Å². The summed E-state index contributed by atoms with van der Waals surface area (Å²) in [6, 6.07) is 19.5. The standard InChI is InChI=1S/C22H32N2O/c1-4-15-23-22(18-24(3)17-19-9-7-6-8-10-19)20-11-13-21(14-12-20)25-16-5-2/h6-14,22-23H,4-5,15-18H2,1-3H3. The SMILES string of the molecule is CCCNC(CN(C)Cc1ccccc1)c1ccc(OCCC)cc1. The molecule has 1 atom stereocenters. The van der Waals surface area contributed by atoms with E-state index in [1.165, 1.54) is 11.1 Å². The Morgan fingerprint density at radius 1 is 0.960 bits per heavy atom. The molecule has 3 nitrogen and oxygen atoms in total. The van der Waals surface area contributed by atoms with Crippen LogP contribution >= 0.6 is 0 Å². The van der Waals surface area contributed by atoms with Gasteiger partial charge in [0.1, 0.15) is 5.75 Å². The van der Waals surface area contributed by atoms with E-state index in [0.717, 1.165) is 44.8 Å². The molecule has 0 aliphatic carbocycles. The van der Waals surface area contributed by atoms with Gasteiger partial charge in [0.25, 0.3) is 0 Å². The van der Waals surface area contributed by atoms with Crippen molar-refractivity contribution >= 4 is 0 Å². The van der Waals surface area contributed by atoms with Crippen molar-refractivity contribution in [2.45, 2.75) is 39.3 Å². The summed E-state index contributed by atoms with van der Waals surface area (Å²) in [4.78, 5) is 2.38. The minimum absolute atomic E-state index is 0.328. The molecule has 2 rings (SSSR count). The Morgan fingerprint density at radius 3 is 2.32 bits per heavy atom. The summed E-state index contributed by atoms with van der Waals surface area (Å²) in [6.45, 7) is 8.07. The van der Waals surface area contributed by atoms with Crippen LogP contribution in [0.25, 0.3) is 0 Å². The molecule has 0 saturated heterocycles. The largest absolute Gasteiger partial charge is 0.494 e. The van der Waals surface area contributed by atoms with Gasteiger partial charge in [-0.2, -0.15) is 0 Å². The molecule has 1 unspecified atom stereocenters. The number of nitrogens with zero attached hydrogens (tertiary/aromatic N) is 1. The lowest BCUT2D eigenvalue weighted by molar-refractivity contribution is 0.283. The summed E-state index contributed by atoms with van der Waals surface area (Å²) >= 11 is 0. The molecule has 136 valence electrons. The Hall–Kier alpha value is -1.84. The molecule has 0 bridgehead atoms. The van der Waals surface area contributed by atoms with Crippen LogP contribution in [0.1, 0.15) is 43.9 Å². The fourth-order valence-corrected chi connectivity index (χ4v) is 2.89. The zero-order valence-electron chi connectivity index (χ0n) is 15.9. The van der Waals surface area contributed by atoms with Crippen LogP contribution in [0, 0.1) is 0 Å². The highest BCUT2D eigenvalue weighted by molar-refractivity contribution is 5.29. The molecule has 3 heteroatoms. The quantitative estimate of drug-likeness (QED) is 0.644. The topological polar surface area (TPSA) is 24.5 Å². The van der Waals surface area contributed by atoms with E-state index in [1.54, 1.807) is 0 Å². The van der Waals surface area contributed by atoms with Crippen molar-refractivity contribution in [1.29, 1.82) is 0 Å². The molecule has 0 fully saturated rings. The maximum absolute atomic E-state index is 5.70. The second-order valence-electron chi connectivity index (χ2n) is 6.61. The van der Waals surface area contributed by atoms with Crippen LogP contribution in [0.2, 0.25) is 0 Å². The molecule has 0 aliphatic heterocycles. The number of ether oxygens (including phenoxy) is 1. The summed E-state index contributed by atoms with van der Waals surface area (Å²) in [5, 5.41) is 3.68. The summed E-state index contributed by atoms with van der Waals surface area (Å²) in [7, 11) is 2.19. The molecular formula is C22H32N2O. The summed E-state index contributed by atoms with van der Waals surface area (Å²) in [5.74, 6) is 0.956. The fraction of sp³-hybridized carbons (Fsp3) is 0.455. The lowest BCUT2D eigenvalue weighted by atomic mass is 10.1. The van der Waals surface area contributed by atoms with Gasteiger partial charge in [-0.15, -0.1) is 0 Å². The van der Waals surface area contributed by atoms with Crippen molar-refractivity contribution < 1.29 is 4.74 Å². The molecule has 0 aliphatic rings. The van der Waals surface area contributed by atoms with Crippen LogP contribution in [0.15, 0.2) is 54.6 Å². The molecule has 0 saturated carbocycles. The predicted octanol–water partition coefficient (Wildman–Crippen LogP) is 4.65. The number of nitrogens with one attached hydrogen (secondary N) is 1. The molecule has 0 spiro atoms. The van der Waals surface area contributed by atoms with Crippen molar-refractivity contribution in [3.05, 3.63) is 65.7 Å². The predicted molar refractivity (Wildman–Crippen MR) is 106 cm³/mol. The summed E-state index contributed by atoms with van der Waals surface area (Å²) in [5.41, 5.74) is 2.67. The number of hydrogen-bond acceptors (Lipinski definition) is 3. The van der Waals surface area contributed by atoms with E-state index in [2.05, 4.69) is 85.7 Å². The van der Waals surface area contributed by atoms with Crippen molar-refractivity contribution in [2.24, 2.45) is 0 Å². The Bertz CT molecular complexity index is 583. The van der Waals surface area contributed by atoms with Crippen LogP contribution in [0.3, 0.4) is 0 Å². The van der Waals surface area contributed by atoms with E-state index in [4.69, 9.17) is 4.74 Å². The molecule has 0 aromatic heterocycles. The Kier molecular flexibility index (Phi) is 8.50. The minimum Gasteiger partial charge on any atom is -0.494 e. The first-order chi connectivity index (χ1) is 12.2. The number of benzene rings is 2. The maximum atomic E-state index is 5.70. The van der Waals surface area contributed by atoms with Gasteiger partial charge >= 0.3 is 0 Å². The number of hydrogen-bond donors (Lipinski definition) is 1. The van der Waals surface area contributed by atoms with E-state index in [1.807, 2.05) is 0 Å². The van der Waals surface area contributed by atoms with Crippen molar-refractivity contribution in [2.75, 3.05) is 26.7 Å². The first kappa shape index (κ1) is 19.5. The zero-order chi connectivity index (χ0) is 17.9. The zero-order valence-corrected chi connectivity index (χ0v) is 15.9. The molecule has 2 aromatic rings. The fourth-order valence-electron chi connectivity index (χ4n) is 2.89. The van der Waals surface area contributed by atoms with E-state index < -0.39 is 0 Å². The summed E-state index contributed by atoms with van der Waals surface area (Å²) in [6.07, 6.45) is 2.17. The highest BCUT2D eigenvalue weighted by Crippen LogP contribution is 2.19. The van der Waals surface area contributed by atoms with Gasteiger partial charge in [0.15, 0.2) is 0 Å². The second-order valence-corrected chi connectivity index (χ2v) is 6.61. The van der Waals surface area contributed by atoms with Crippen molar-refractivity contribution in [3.63, 3.8) is 0 Å². The number of rotatable bonds is 11. The monoisotopic (exact) mass is 340 g/mol. The molecule has 0 amide bonds. The molecule has 0 heterocycles. The Balaban J connectivity index is 1.99. The maximum Gasteiger partial charge on any atom is 0.119 e. The third kappa shape index (κ3) is 6.89. The average Bonchev–Trinajstić information content (AvgIpc) is 2.64. The molecular weight excluding hydrogens is 308 g/mol. The molecule has 25 heavy (non-hydrogen) atoms. The highest BCUT2D eigenvalue weighted by Gasteiger charge is 2.14. The normalized spacial score (nSPS) is 12.3. The van der Waals surface area contributed by atoms with Gasteiger partial charge in [0, 0.05) is 19.1 Å². The van der Waals surface area contributed by atoms with Crippen LogP contribution in [-0.4, -0.2) is 31.6 Å². The molecule has 2 aromatic carbocycles. The first-order valence-corrected chi connectivity index (χ1v) is 9.41. The minimum atomic E-state index is 0.328. The lowest BCUT2D eigenvalue weighted by Crippen LogP contribution is -2.33. The van der Waals surface area contributed by atoms with E-state index >= 15 is 0 Å². The Labute approximate surface area is 153 Å². The van der Waals surface area contributed by atoms with Crippen LogP contribution in [-0.2, 0) is 6.54 Å². The lowest BCUT2D eigenvalue weighted by Gasteiger charge is -2.26. The second kappa shape index (κ2) is 10.9. The first-order valence-electron chi connectivity index (χ1n) is 9.41. The van der Waals surface area contributed by atoms with Crippen LogP contribution in [0.4, 0.5) is 0 Å². The average molecular weight is 341 g/mol. The molecule has 1 N–H and O–H groups in total. The Morgan fingerprint density at radius 2 is 1.68 bits per heavy atom.